The van der Waals surface area contributed by atoms with Crippen LogP contribution in [0.25, 0.3) is 0 Å². The fourth-order valence-corrected chi connectivity index (χ4v) is 3.01. The Hall–Kier alpha value is -0.880. The number of rotatable bonds is 3. The van der Waals surface area contributed by atoms with E-state index in [-0.39, 0.29) is 11.7 Å². The van der Waals surface area contributed by atoms with Gasteiger partial charge in [0, 0.05) is 11.2 Å². The minimum Gasteiger partial charge on any atom is -0.319 e. The van der Waals surface area contributed by atoms with Crippen molar-refractivity contribution in [1.82, 2.24) is 0 Å². The molecule has 1 aromatic carbocycles. The lowest BCUT2D eigenvalue weighted by Gasteiger charge is -2.08. The monoisotopic (exact) mass is 236 g/mol. The summed E-state index contributed by atoms with van der Waals surface area (Å²) in [6.07, 6.45) is 0.955. The third-order valence-electron chi connectivity index (χ3n) is 3.23. The minimum absolute atomic E-state index is 0.198. The van der Waals surface area contributed by atoms with Crippen LogP contribution in [0.1, 0.15) is 24.8 Å². The van der Waals surface area contributed by atoms with E-state index in [1.165, 1.54) is 5.56 Å². The average molecular weight is 236 g/mol. The Morgan fingerprint density at radius 1 is 1.38 bits per heavy atom. The molecule has 0 amide bonds. The first-order valence-corrected chi connectivity index (χ1v) is 8.15. The van der Waals surface area contributed by atoms with Crippen molar-refractivity contribution in [3.8, 4) is 0 Å². The van der Waals surface area contributed by atoms with Crippen LogP contribution < -0.4 is 5.30 Å². The van der Waals surface area contributed by atoms with E-state index in [1.54, 1.807) is 20.3 Å². The highest BCUT2D eigenvalue weighted by Crippen LogP contribution is 2.48. The van der Waals surface area contributed by atoms with Crippen molar-refractivity contribution in [3.05, 3.63) is 29.8 Å². The summed E-state index contributed by atoms with van der Waals surface area (Å²) in [6, 6.07) is 7.90. The highest BCUT2D eigenvalue weighted by Gasteiger charge is 2.41. The van der Waals surface area contributed by atoms with E-state index in [1.807, 2.05) is 24.3 Å². The van der Waals surface area contributed by atoms with Gasteiger partial charge in [-0.1, -0.05) is 18.2 Å². The maximum absolute atomic E-state index is 12.0. The van der Waals surface area contributed by atoms with E-state index in [0.717, 1.165) is 11.7 Å². The molecule has 1 aromatic rings. The Morgan fingerprint density at radius 3 is 2.56 bits per heavy atom. The zero-order valence-electron chi connectivity index (χ0n) is 9.93. The van der Waals surface area contributed by atoms with Gasteiger partial charge in [-0.05, 0) is 44.2 Å². The predicted octanol–water partition coefficient (Wildman–Crippen LogP) is 2.63. The minimum atomic E-state index is -2.19. The molecule has 0 radical (unpaired) electrons. The van der Waals surface area contributed by atoms with Crippen molar-refractivity contribution in [2.75, 3.05) is 13.3 Å². The summed E-state index contributed by atoms with van der Waals surface area (Å²) < 4.78 is 12.0. The molecule has 2 unspecified atom stereocenters. The molecular formula is C13H17O2P. The smallest absolute Gasteiger partial charge is 0.133 e. The highest BCUT2D eigenvalue weighted by atomic mass is 31.2. The van der Waals surface area contributed by atoms with Gasteiger partial charge < -0.3 is 4.57 Å². The molecule has 2 nitrogen and oxygen atoms in total. The van der Waals surface area contributed by atoms with Crippen LogP contribution in [0.5, 0.6) is 0 Å². The molecule has 1 fully saturated rings. The number of hydrogen-bond acceptors (Lipinski definition) is 2. The predicted molar refractivity (Wildman–Crippen MR) is 67.1 cm³/mol. The van der Waals surface area contributed by atoms with E-state index < -0.39 is 7.14 Å². The normalized spacial score (nSPS) is 24.2. The topological polar surface area (TPSA) is 34.1 Å². The van der Waals surface area contributed by atoms with Gasteiger partial charge in [-0.25, -0.2) is 0 Å². The Morgan fingerprint density at radius 2 is 2.06 bits per heavy atom. The van der Waals surface area contributed by atoms with E-state index in [0.29, 0.717) is 5.92 Å². The van der Waals surface area contributed by atoms with E-state index >= 15 is 0 Å². The number of benzene rings is 1. The van der Waals surface area contributed by atoms with Crippen LogP contribution in [0.3, 0.4) is 0 Å². The number of Topliss-reactive ketones (excluding diaryl/α,β-unsaturated/α-hetero) is 1. The Balaban J connectivity index is 2.25. The summed E-state index contributed by atoms with van der Waals surface area (Å²) in [7, 11) is -2.19. The summed E-state index contributed by atoms with van der Waals surface area (Å²) in [5, 5.41) is 0.916. The van der Waals surface area contributed by atoms with Gasteiger partial charge in [0.25, 0.3) is 0 Å². The van der Waals surface area contributed by atoms with E-state index in [9.17, 15) is 9.36 Å². The first kappa shape index (κ1) is 11.6. The molecule has 0 aliphatic heterocycles. The maximum Gasteiger partial charge on any atom is 0.133 e. The second-order valence-corrected chi connectivity index (χ2v) is 8.22. The molecule has 0 heterocycles. The van der Waals surface area contributed by atoms with Crippen LogP contribution in [0.4, 0.5) is 0 Å². The molecule has 2 atom stereocenters. The van der Waals surface area contributed by atoms with Crippen LogP contribution in [-0.2, 0) is 9.36 Å². The van der Waals surface area contributed by atoms with Crippen molar-refractivity contribution in [3.63, 3.8) is 0 Å². The molecule has 0 bridgehead atoms. The van der Waals surface area contributed by atoms with E-state index in [2.05, 4.69) is 0 Å². The number of carbonyl (C=O) groups excluding carboxylic acids is 1. The van der Waals surface area contributed by atoms with Crippen LogP contribution in [0.2, 0.25) is 0 Å². The molecule has 0 aromatic heterocycles. The number of hydrogen-bond donors (Lipinski definition) is 0. The van der Waals surface area contributed by atoms with Gasteiger partial charge in [-0.2, -0.15) is 0 Å². The van der Waals surface area contributed by atoms with Gasteiger partial charge in [0.15, 0.2) is 0 Å². The summed E-state index contributed by atoms with van der Waals surface area (Å²) in [4.78, 5) is 11.2. The number of carbonyl (C=O) groups is 1. The Labute approximate surface area is 96.4 Å². The van der Waals surface area contributed by atoms with E-state index in [4.69, 9.17) is 0 Å². The van der Waals surface area contributed by atoms with Crippen LogP contribution >= 0.6 is 7.14 Å². The first-order chi connectivity index (χ1) is 7.39. The Bertz CT molecular complexity index is 473. The van der Waals surface area contributed by atoms with Crippen LogP contribution in [0, 0.1) is 5.92 Å². The van der Waals surface area contributed by atoms with Crippen molar-refractivity contribution >= 4 is 18.2 Å². The first-order valence-electron chi connectivity index (χ1n) is 5.55. The third-order valence-corrected chi connectivity index (χ3v) is 4.75. The lowest BCUT2D eigenvalue weighted by Crippen LogP contribution is -2.04. The van der Waals surface area contributed by atoms with Crippen molar-refractivity contribution < 1.29 is 9.36 Å². The molecule has 1 saturated carbocycles. The molecule has 0 saturated heterocycles. The Kier molecular flexibility index (Phi) is 2.79. The molecule has 0 N–H and O–H groups in total. The second-order valence-electron chi connectivity index (χ2n) is 5.01. The summed E-state index contributed by atoms with van der Waals surface area (Å²) in [5.74, 6) is 0.832. The summed E-state index contributed by atoms with van der Waals surface area (Å²) >= 11 is 0. The lowest BCUT2D eigenvalue weighted by atomic mass is 10.1. The van der Waals surface area contributed by atoms with Gasteiger partial charge in [0.05, 0.1) is 0 Å². The standard InChI is InChI=1S/C13H17O2P/c1-9(14)12-8-13(12)10-5-4-6-11(7-10)16(2,3)15/h4-7,12-13H,8H2,1-3H3. The molecule has 16 heavy (non-hydrogen) atoms. The fraction of sp³-hybridized carbons (Fsp3) is 0.462. The van der Waals surface area contributed by atoms with Gasteiger partial charge in [0.1, 0.15) is 12.9 Å². The van der Waals surface area contributed by atoms with Gasteiger partial charge >= 0.3 is 0 Å². The largest absolute Gasteiger partial charge is 0.319 e. The van der Waals surface area contributed by atoms with Crippen LogP contribution in [-0.4, -0.2) is 19.1 Å². The molecule has 3 heteroatoms. The molecule has 2 rings (SSSR count). The lowest BCUT2D eigenvalue weighted by molar-refractivity contribution is -0.118. The maximum atomic E-state index is 12.0. The third kappa shape index (κ3) is 2.27. The quantitative estimate of drug-likeness (QED) is 0.756. The molecule has 1 aliphatic carbocycles. The number of ketones is 1. The molecule has 0 spiro atoms. The SMILES string of the molecule is CC(=O)C1CC1c1cccc(P(C)(C)=O)c1. The average Bonchev–Trinajstić information content (AvgIpc) is 2.96. The van der Waals surface area contributed by atoms with Crippen molar-refractivity contribution in [2.24, 2.45) is 5.92 Å². The summed E-state index contributed by atoms with van der Waals surface area (Å²) in [5.41, 5.74) is 1.17. The van der Waals surface area contributed by atoms with Gasteiger partial charge in [-0.3, -0.25) is 4.79 Å². The van der Waals surface area contributed by atoms with Crippen molar-refractivity contribution in [2.45, 2.75) is 19.3 Å². The van der Waals surface area contributed by atoms with Gasteiger partial charge in [0.2, 0.25) is 0 Å². The van der Waals surface area contributed by atoms with Crippen molar-refractivity contribution in [1.29, 1.82) is 0 Å². The zero-order valence-corrected chi connectivity index (χ0v) is 10.8. The zero-order chi connectivity index (χ0) is 11.9. The summed E-state index contributed by atoms with van der Waals surface area (Å²) in [6.45, 7) is 5.21. The second kappa shape index (κ2) is 3.85. The van der Waals surface area contributed by atoms with Gasteiger partial charge in [-0.15, -0.1) is 0 Å². The molecule has 86 valence electrons. The van der Waals surface area contributed by atoms with Crippen LogP contribution in [0.15, 0.2) is 24.3 Å². The highest BCUT2D eigenvalue weighted by molar-refractivity contribution is 7.70. The molecule has 1 aliphatic rings. The molecular weight excluding hydrogens is 219 g/mol. The fourth-order valence-electron chi connectivity index (χ4n) is 2.10.